The Morgan fingerprint density at radius 2 is 2.13 bits per heavy atom. The third kappa shape index (κ3) is 1.63. The van der Waals surface area contributed by atoms with Gasteiger partial charge in [0, 0.05) is 11.6 Å². The van der Waals surface area contributed by atoms with Gasteiger partial charge in [-0.1, -0.05) is 19.9 Å². The molecule has 0 saturated carbocycles. The van der Waals surface area contributed by atoms with Crippen LogP contribution >= 0.6 is 0 Å². The number of rotatable bonds is 2. The van der Waals surface area contributed by atoms with Crippen LogP contribution in [0.25, 0.3) is 5.52 Å². The summed E-state index contributed by atoms with van der Waals surface area (Å²) < 4.78 is 1.86. The maximum Gasteiger partial charge on any atom is 0.0690 e. The Morgan fingerprint density at radius 1 is 1.40 bits per heavy atom. The van der Waals surface area contributed by atoms with Crippen molar-refractivity contribution < 1.29 is 5.11 Å². The quantitative estimate of drug-likeness (QED) is 0.811. The van der Waals surface area contributed by atoms with Crippen molar-refractivity contribution in [2.24, 2.45) is 0 Å². The molecule has 3 heteroatoms. The number of aryl methyl sites for hydroxylation is 1. The summed E-state index contributed by atoms with van der Waals surface area (Å²) in [4.78, 5) is 0. The van der Waals surface area contributed by atoms with Gasteiger partial charge in [0.2, 0.25) is 0 Å². The Kier molecular flexibility index (Phi) is 2.27. The largest absolute Gasteiger partial charge is 0.395 e. The van der Waals surface area contributed by atoms with Gasteiger partial charge in [0.05, 0.1) is 18.3 Å². The molecule has 0 amide bonds. The third-order valence-electron chi connectivity index (χ3n) is 2.89. The van der Waals surface area contributed by atoms with Gasteiger partial charge in [0.1, 0.15) is 0 Å². The van der Waals surface area contributed by atoms with E-state index in [9.17, 15) is 5.11 Å². The lowest BCUT2D eigenvalue weighted by atomic mass is 9.87. The average Bonchev–Trinajstić information content (AvgIpc) is 2.60. The molecule has 2 aromatic rings. The summed E-state index contributed by atoms with van der Waals surface area (Å²) in [5.74, 6) is 0. The third-order valence-corrected chi connectivity index (χ3v) is 2.89. The number of hydrogen-bond acceptors (Lipinski definition) is 2. The Morgan fingerprint density at radius 3 is 2.80 bits per heavy atom. The maximum absolute atomic E-state index is 9.30. The van der Waals surface area contributed by atoms with Crippen LogP contribution in [0.3, 0.4) is 0 Å². The van der Waals surface area contributed by atoms with Crippen molar-refractivity contribution >= 4 is 5.52 Å². The van der Waals surface area contributed by atoms with Crippen LogP contribution in [0.2, 0.25) is 0 Å². The van der Waals surface area contributed by atoms with Crippen LogP contribution in [-0.2, 0) is 5.41 Å². The first-order valence-corrected chi connectivity index (χ1v) is 5.10. The fourth-order valence-corrected chi connectivity index (χ4v) is 1.60. The summed E-state index contributed by atoms with van der Waals surface area (Å²) in [7, 11) is 0. The zero-order valence-corrected chi connectivity index (χ0v) is 9.36. The highest BCUT2D eigenvalue weighted by Gasteiger charge is 2.19. The molecule has 2 heterocycles. The van der Waals surface area contributed by atoms with Gasteiger partial charge in [-0.3, -0.25) is 0 Å². The van der Waals surface area contributed by atoms with Crippen LogP contribution in [0.1, 0.15) is 25.0 Å². The minimum atomic E-state index is -0.214. The molecule has 0 aliphatic carbocycles. The van der Waals surface area contributed by atoms with Gasteiger partial charge in [-0.2, -0.15) is 5.10 Å². The molecule has 2 rings (SSSR count). The first kappa shape index (κ1) is 10.2. The van der Waals surface area contributed by atoms with Gasteiger partial charge >= 0.3 is 0 Å². The summed E-state index contributed by atoms with van der Waals surface area (Å²) in [5.41, 5.74) is 3.17. The average molecular weight is 204 g/mol. The zero-order valence-electron chi connectivity index (χ0n) is 9.36. The lowest BCUT2D eigenvalue weighted by Crippen LogP contribution is -2.22. The summed E-state index contributed by atoms with van der Waals surface area (Å²) >= 11 is 0. The Balaban J connectivity index is 2.57. The van der Waals surface area contributed by atoms with E-state index in [4.69, 9.17) is 0 Å². The molecule has 0 spiro atoms. The number of pyridine rings is 1. The summed E-state index contributed by atoms with van der Waals surface area (Å²) in [6, 6.07) is 4.11. The normalized spacial score (nSPS) is 12.3. The second-order valence-electron chi connectivity index (χ2n) is 4.62. The van der Waals surface area contributed by atoms with E-state index in [1.54, 1.807) is 0 Å². The molecule has 15 heavy (non-hydrogen) atoms. The molecule has 3 nitrogen and oxygen atoms in total. The molecular formula is C12H16N2O. The van der Waals surface area contributed by atoms with Crippen LogP contribution < -0.4 is 0 Å². The van der Waals surface area contributed by atoms with E-state index in [0.717, 1.165) is 11.1 Å². The number of fused-ring (bicyclic) bond motifs is 1. The van der Waals surface area contributed by atoms with Gasteiger partial charge in [0.25, 0.3) is 0 Å². The van der Waals surface area contributed by atoms with Crippen molar-refractivity contribution in [3.05, 3.63) is 35.7 Å². The van der Waals surface area contributed by atoms with Crippen LogP contribution in [0.5, 0.6) is 0 Å². The smallest absolute Gasteiger partial charge is 0.0690 e. The predicted octanol–water partition coefficient (Wildman–Crippen LogP) is 1.91. The van der Waals surface area contributed by atoms with Crippen LogP contribution in [0.4, 0.5) is 0 Å². The summed E-state index contributed by atoms with van der Waals surface area (Å²) in [6.45, 7) is 6.22. The number of aromatic nitrogens is 2. The van der Waals surface area contributed by atoms with Gasteiger partial charge in [-0.25, -0.2) is 4.52 Å². The van der Waals surface area contributed by atoms with E-state index in [2.05, 4.69) is 17.2 Å². The molecular weight excluding hydrogens is 188 g/mol. The van der Waals surface area contributed by atoms with Gasteiger partial charge < -0.3 is 5.11 Å². The molecule has 0 radical (unpaired) electrons. The summed E-state index contributed by atoms with van der Waals surface area (Å²) in [5, 5.41) is 13.6. The number of hydrogen-bond donors (Lipinski definition) is 1. The van der Waals surface area contributed by atoms with E-state index in [-0.39, 0.29) is 12.0 Å². The standard InChI is InChI=1S/C12H16N2O/c1-9-6-13-14-7-10(4-5-11(9)14)12(2,3)8-15/h4-7,15H,8H2,1-3H3. The van der Waals surface area contributed by atoms with Crippen LogP contribution in [-0.4, -0.2) is 21.3 Å². The lowest BCUT2D eigenvalue weighted by molar-refractivity contribution is 0.218. The van der Waals surface area contributed by atoms with Crippen LogP contribution in [0, 0.1) is 6.92 Å². The molecule has 0 aliphatic rings. The lowest BCUT2D eigenvalue weighted by Gasteiger charge is -2.21. The fraction of sp³-hybridized carbons (Fsp3) is 0.417. The number of aliphatic hydroxyl groups excluding tert-OH is 1. The van der Waals surface area contributed by atoms with Crippen molar-refractivity contribution in [2.75, 3.05) is 6.61 Å². The van der Waals surface area contributed by atoms with E-state index in [0.29, 0.717) is 0 Å². The van der Waals surface area contributed by atoms with Crippen molar-refractivity contribution in [1.82, 2.24) is 9.61 Å². The van der Waals surface area contributed by atoms with Crippen molar-refractivity contribution in [1.29, 1.82) is 0 Å². The van der Waals surface area contributed by atoms with E-state index >= 15 is 0 Å². The highest BCUT2D eigenvalue weighted by Crippen LogP contribution is 2.23. The van der Waals surface area contributed by atoms with Crippen molar-refractivity contribution in [3.63, 3.8) is 0 Å². The number of nitrogens with zero attached hydrogens (tertiary/aromatic N) is 2. The SMILES string of the molecule is Cc1cnn2cc(C(C)(C)CO)ccc12. The predicted molar refractivity (Wildman–Crippen MR) is 60.0 cm³/mol. The minimum Gasteiger partial charge on any atom is -0.395 e. The molecule has 0 saturated heterocycles. The van der Waals surface area contributed by atoms with Crippen molar-refractivity contribution in [3.8, 4) is 0 Å². The molecule has 0 aromatic carbocycles. The zero-order chi connectivity index (χ0) is 11.1. The molecule has 80 valence electrons. The first-order chi connectivity index (χ1) is 7.04. The molecule has 0 atom stereocenters. The first-order valence-electron chi connectivity index (χ1n) is 5.10. The monoisotopic (exact) mass is 204 g/mol. The highest BCUT2D eigenvalue weighted by molar-refractivity contribution is 5.53. The highest BCUT2D eigenvalue weighted by atomic mass is 16.3. The Labute approximate surface area is 89.4 Å². The van der Waals surface area contributed by atoms with E-state index < -0.39 is 0 Å². The number of aliphatic hydroxyl groups is 1. The molecule has 0 fully saturated rings. The molecule has 1 N–H and O–H groups in total. The summed E-state index contributed by atoms with van der Waals surface area (Å²) in [6.07, 6.45) is 3.84. The van der Waals surface area contributed by atoms with Gasteiger partial charge in [-0.15, -0.1) is 0 Å². The second kappa shape index (κ2) is 3.35. The van der Waals surface area contributed by atoms with E-state index in [1.807, 2.05) is 37.7 Å². The van der Waals surface area contributed by atoms with Crippen LogP contribution in [0.15, 0.2) is 24.5 Å². The Hall–Kier alpha value is -1.35. The molecule has 0 unspecified atom stereocenters. The maximum atomic E-state index is 9.30. The fourth-order valence-electron chi connectivity index (χ4n) is 1.60. The molecule has 2 aromatic heterocycles. The topological polar surface area (TPSA) is 37.5 Å². The minimum absolute atomic E-state index is 0.138. The van der Waals surface area contributed by atoms with Gasteiger partial charge in [-0.05, 0) is 24.1 Å². The van der Waals surface area contributed by atoms with E-state index in [1.165, 1.54) is 5.56 Å². The molecule has 0 bridgehead atoms. The molecule has 0 aliphatic heterocycles. The van der Waals surface area contributed by atoms with Crippen molar-refractivity contribution in [2.45, 2.75) is 26.2 Å². The second-order valence-corrected chi connectivity index (χ2v) is 4.62. The van der Waals surface area contributed by atoms with Gasteiger partial charge in [0.15, 0.2) is 0 Å². The Bertz CT molecular complexity index is 485.